The lowest BCUT2D eigenvalue weighted by Gasteiger charge is -2.21. The molecule has 0 saturated heterocycles. The van der Waals surface area contributed by atoms with Crippen molar-refractivity contribution in [1.82, 2.24) is 9.55 Å². The van der Waals surface area contributed by atoms with E-state index in [1.165, 1.54) is 82.8 Å². The smallest absolute Gasteiger partial charge is 0.138 e. The molecule has 6 aromatic carbocycles. The Hall–Kier alpha value is -5.47. The van der Waals surface area contributed by atoms with Gasteiger partial charge in [0, 0.05) is 21.6 Å². The van der Waals surface area contributed by atoms with Gasteiger partial charge in [-0.05, 0) is 92.0 Å². The third-order valence-electron chi connectivity index (χ3n) is 10.1. The molecule has 10 rings (SSSR count). The normalized spacial score (nSPS) is 13.9. The first kappa shape index (κ1) is 24.0. The minimum Gasteiger partial charge on any atom is -0.294 e. The third-order valence-corrected chi connectivity index (χ3v) is 10.1. The predicted octanol–water partition coefficient (Wildman–Crippen LogP) is 11.0. The summed E-state index contributed by atoms with van der Waals surface area (Å²) < 4.78 is 2.35. The molecule has 0 atom stereocenters. The fourth-order valence-electron chi connectivity index (χ4n) is 8.08. The van der Waals surface area contributed by atoms with Crippen molar-refractivity contribution in [3.8, 4) is 50.3 Å². The Balaban J connectivity index is 1.19. The molecule has 44 heavy (non-hydrogen) atoms. The van der Waals surface area contributed by atoms with E-state index in [-0.39, 0.29) is 5.41 Å². The van der Waals surface area contributed by atoms with Crippen molar-refractivity contribution in [3.05, 3.63) is 145 Å². The highest BCUT2D eigenvalue weighted by molar-refractivity contribution is 6.15. The zero-order valence-corrected chi connectivity index (χ0v) is 24.6. The van der Waals surface area contributed by atoms with Crippen LogP contribution in [0.1, 0.15) is 25.0 Å². The molecule has 0 fully saturated rings. The van der Waals surface area contributed by atoms with E-state index in [0.717, 1.165) is 11.3 Å². The average Bonchev–Trinajstić information content (AvgIpc) is 3.65. The van der Waals surface area contributed by atoms with E-state index in [0.29, 0.717) is 0 Å². The molecule has 0 bridgehead atoms. The van der Waals surface area contributed by atoms with E-state index in [2.05, 4.69) is 152 Å². The van der Waals surface area contributed by atoms with Crippen LogP contribution in [0.15, 0.2) is 133 Å². The van der Waals surface area contributed by atoms with Crippen LogP contribution in [0.5, 0.6) is 0 Å². The summed E-state index contributed by atoms with van der Waals surface area (Å²) in [7, 11) is 0. The van der Waals surface area contributed by atoms with Crippen LogP contribution in [-0.4, -0.2) is 9.55 Å². The summed E-state index contributed by atoms with van der Waals surface area (Å²) in [4.78, 5) is 5.28. The number of aromatic nitrogens is 2. The Morgan fingerprint density at radius 2 is 1.14 bits per heavy atom. The van der Waals surface area contributed by atoms with Crippen LogP contribution in [0.4, 0.5) is 0 Å². The van der Waals surface area contributed by atoms with Gasteiger partial charge in [0.2, 0.25) is 0 Å². The monoisotopic (exact) mass is 560 g/mol. The fourth-order valence-corrected chi connectivity index (χ4v) is 8.08. The third kappa shape index (κ3) is 3.02. The van der Waals surface area contributed by atoms with Gasteiger partial charge in [0.15, 0.2) is 0 Å². The first-order valence-electron chi connectivity index (χ1n) is 15.4. The largest absolute Gasteiger partial charge is 0.294 e. The number of para-hydroxylation sites is 1. The number of pyridine rings is 1. The maximum absolute atomic E-state index is 5.28. The molecule has 2 aliphatic carbocycles. The van der Waals surface area contributed by atoms with Crippen LogP contribution in [0.3, 0.4) is 0 Å². The topological polar surface area (TPSA) is 17.8 Å². The van der Waals surface area contributed by atoms with Crippen LogP contribution in [0.25, 0.3) is 83.0 Å². The second-order valence-electron chi connectivity index (χ2n) is 12.8. The van der Waals surface area contributed by atoms with Gasteiger partial charge in [-0.3, -0.25) is 4.57 Å². The van der Waals surface area contributed by atoms with Crippen molar-refractivity contribution in [2.24, 2.45) is 0 Å². The van der Waals surface area contributed by atoms with E-state index in [1.54, 1.807) is 0 Å². The lowest BCUT2D eigenvalue weighted by Crippen LogP contribution is -2.14. The van der Waals surface area contributed by atoms with Crippen molar-refractivity contribution in [2.45, 2.75) is 19.3 Å². The van der Waals surface area contributed by atoms with Gasteiger partial charge in [-0.25, -0.2) is 4.98 Å². The molecule has 2 heteroatoms. The van der Waals surface area contributed by atoms with Gasteiger partial charge >= 0.3 is 0 Å². The number of rotatable bonds is 2. The van der Waals surface area contributed by atoms with Crippen molar-refractivity contribution >= 4 is 32.7 Å². The SMILES string of the molecule is CC1(C)c2ccccc2-c2cc(-c3ccc4c(c3)c3ccccc3n4-c3cc4c5c(cccc5n3)-c3ccccc3-4)ccc21. The van der Waals surface area contributed by atoms with E-state index in [4.69, 9.17) is 4.98 Å². The molecule has 0 N–H and O–H groups in total. The predicted molar refractivity (Wildman–Crippen MR) is 184 cm³/mol. The number of benzene rings is 6. The fraction of sp³-hybridized carbons (Fsp3) is 0.0714. The van der Waals surface area contributed by atoms with Gasteiger partial charge in [0.1, 0.15) is 5.82 Å². The Labute approximate surface area is 255 Å². The Morgan fingerprint density at radius 3 is 2.02 bits per heavy atom. The van der Waals surface area contributed by atoms with E-state index in [1.807, 2.05) is 0 Å². The summed E-state index contributed by atoms with van der Waals surface area (Å²) in [5.74, 6) is 0.955. The van der Waals surface area contributed by atoms with Crippen LogP contribution in [-0.2, 0) is 5.41 Å². The van der Waals surface area contributed by atoms with Crippen molar-refractivity contribution in [3.63, 3.8) is 0 Å². The Kier molecular flexibility index (Phi) is 4.55. The number of nitrogens with zero attached hydrogens (tertiary/aromatic N) is 2. The molecule has 0 saturated carbocycles. The number of fused-ring (bicyclic) bond motifs is 9. The quantitative estimate of drug-likeness (QED) is 0.206. The van der Waals surface area contributed by atoms with Crippen molar-refractivity contribution < 1.29 is 0 Å². The summed E-state index contributed by atoms with van der Waals surface area (Å²) in [5, 5.41) is 3.73. The first-order chi connectivity index (χ1) is 21.6. The van der Waals surface area contributed by atoms with Crippen LogP contribution in [0, 0.1) is 0 Å². The highest BCUT2D eigenvalue weighted by Gasteiger charge is 2.35. The van der Waals surface area contributed by atoms with Crippen LogP contribution < -0.4 is 0 Å². The van der Waals surface area contributed by atoms with E-state index >= 15 is 0 Å². The first-order valence-corrected chi connectivity index (χ1v) is 15.4. The minimum atomic E-state index is 0.0102. The molecular formula is C42H28N2. The molecule has 0 spiro atoms. The molecule has 0 radical (unpaired) electrons. The molecular weight excluding hydrogens is 532 g/mol. The second kappa shape index (κ2) is 8.33. The summed E-state index contributed by atoms with van der Waals surface area (Å²) in [6.45, 7) is 4.68. The lowest BCUT2D eigenvalue weighted by molar-refractivity contribution is 0.660. The van der Waals surface area contributed by atoms with E-state index in [9.17, 15) is 0 Å². The summed E-state index contributed by atoms with van der Waals surface area (Å²) in [6.07, 6.45) is 0. The molecule has 2 aromatic heterocycles. The number of hydrogen-bond acceptors (Lipinski definition) is 1. The van der Waals surface area contributed by atoms with Gasteiger partial charge in [0.25, 0.3) is 0 Å². The molecule has 2 nitrogen and oxygen atoms in total. The van der Waals surface area contributed by atoms with Crippen LogP contribution >= 0.6 is 0 Å². The molecule has 2 heterocycles. The van der Waals surface area contributed by atoms with Crippen molar-refractivity contribution in [1.29, 1.82) is 0 Å². The lowest BCUT2D eigenvalue weighted by atomic mass is 9.82. The highest BCUT2D eigenvalue weighted by atomic mass is 15.1. The Bertz CT molecular complexity index is 2530. The number of hydrogen-bond donors (Lipinski definition) is 0. The molecule has 0 unspecified atom stereocenters. The summed E-state index contributed by atoms with van der Waals surface area (Å²) in [6, 6.07) is 49.1. The van der Waals surface area contributed by atoms with Gasteiger partial charge in [-0.15, -0.1) is 0 Å². The summed E-state index contributed by atoms with van der Waals surface area (Å²) in [5.41, 5.74) is 16.5. The molecule has 0 amide bonds. The standard InChI is InChI=1S/C42H28N2/c1-42(2)35-15-7-5-12-29(35)32-22-25(18-20-36(32)42)26-19-21-39-33(23-26)30-13-6-8-17-38(30)44(39)40-24-34-28-11-4-3-10-27(28)31-14-9-16-37(43-40)41(31)34/h3-24H,1-2H3. The van der Waals surface area contributed by atoms with Gasteiger partial charge in [-0.2, -0.15) is 0 Å². The maximum Gasteiger partial charge on any atom is 0.138 e. The molecule has 206 valence electrons. The second-order valence-corrected chi connectivity index (χ2v) is 12.8. The minimum absolute atomic E-state index is 0.0102. The van der Waals surface area contributed by atoms with E-state index < -0.39 is 0 Å². The van der Waals surface area contributed by atoms with Gasteiger partial charge in [0.05, 0.1) is 16.6 Å². The zero-order valence-electron chi connectivity index (χ0n) is 24.6. The van der Waals surface area contributed by atoms with Gasteiger partial charge < -0.3 is 0 Å². The Morgan fingerprint density at radius 1 is 0.477 bits per heavy atom. The average molecular weight is 561 g/mol. The zero-order chi connectivity index (χ0) is 29.2. The molecule has 8 aromatic rings. The maximum atomic E-state index is 5.28. The van der Waals surface area contributed by atoms with Crippen molar-refractivity contribution in [2.75, 3.05) is 0 Å². The van der Waals surface area contributed by atoms with Crippen LogP contribution in [0.2, 0.25) is 0 Å². The highest BCUT2D eigenvalue weighted by Crippen LogP contribution is 2.50. The van der Waals surface area contributed by atoms with Gasteiger partial charge in [-0.1, -0.05) is 111 Å². The molecule has 0 aliphatic heterocycles. The summed E-state index contributed by atoms with van der Waals surface area (Å²) >= 11 is 0. The molecule has 2 aliphatic rings.